The Bertz CT molecular complexity index is 565. The second-order valence-corrected chi connectivity index (χ2v) is 6.06. The Balaban J connectivity index is 1.94. The van der Waals surface area contributed by atoms with Gasteiger partial charge in [-0.15, -0.1) is 11.3 Å². The summed E-state index contributed by atoms with van der Waals surface area (Å²) >= 11 is 4.82. The van der Waals surface area contributed by atoms with Crippen LogP contribution in [0.3, 0.4) is 0 Å². The van der Waals surface area contributed by atoms with Gasteiger partial charge in [-0.1, -0.05) is 15.9 Å². The fraction of sp³-hybridized carbons (Fsp3) is 0.214. The summed E-state index contributed by atoms with van der Waals surface area (Å²) in [7, 11) is 0. The lowest BCUT2D eigenvalue weighted by Gasteiger charge is -2.11. The molecule has 100 valence electrons. The second kappa shape index (κ2) is 6.32. The van der Waals surface area contributed by atoms with Crippen LogP contribution < -0.4 is 5.32 Å². The smallest absolute Gasteiger partial charge is 0.251 e. The third kappa shape index (κ3) is 3.65. The van der Waals surface area contributed by atoms with Crippen molar-refractivity contribution in [3.05, 3.63) is 56.2 Å². The number of amides is 1. The third-order valence-electron chi connectivity index (χ3n) is 2.77. The summed E-state index contributed by atoms with van der Waals surface area (Å²) < 4.78 is 0.929. The van der Waals surface area contributed by atoms with E-state index in [-0.39, 0.29) is 12.5 Å². The Morgan fingerprint density at radius 1 is 1.37 bits per heavy atom. The van der Waals surface area contributed by atoms with Crippen molar-refractivity contribution in [3.63, 3.8) is 0 Å². The molecule has 0 aliphatic rings. The summed E-state index contributed by atoms with van der Waals surface area (Å²) in [5.74, 6) is -0.180. The van der Waals surface area contributed by atoms with E-state index in [9.17, 15) is 9.90 Å². The number of carbonyl (C=O) groups is 1. The lowest BCUT2D eigenvalue weighted by atomic mass is 10.2. The number of aliphatic hydroxyl groups is 1. The monoisotopic (exact) mass is 339 g/mol. The van der Waals surface area contributed by atoms with Gasteiger partial charge >= 0.3 is 0 Å². The number of hydrogen-bond donors (Lipinski definition) is 2. The first-order chi connectivity index (χ1) is 9.08. The molecule has 0 saturated carbocycles. The summed E-state index contributed by atoms with van der Waals surface area (Å²) in [6.45, 7) is 2.17. The molecule has 1 unspecified atom stereocenters. The van der Waals surface area contributed by atoms with Crippen molar-refractivity contribution in [2.45, 2.75) is 13.0 Å². The molecule has 0 aliphatic carbocycles. The molecule has 5 heteroatoms. The first kappa shape index (κ1) is 14.2. The molecular formula is C14H14BrNO2S. The van der Waals surface area contributed by atoms with E-state index in [0.717, 1.165) is 14.9 Å². The highest BCUT2D eigenvalue weighted by Crippen LogP contribution is 2.23. The Kier molecular flexibility index (Phi) is 4.74. The quantitative estimate of drug-likeness (QED) is 0.897. The zero-order valence-electron chi connectivity index (χ0n) is 10.4. The standard InChI is InChI=1S/C14H14BrNO2S/c1-9-6-7-19-13(9)12(17)8-16-14(18)10-2-4-11(15)5-3-10/h2-7,12,17H,8H2,1H3,(H,16,18). The molecule has 1 amide bonds. The largest absolute Gasteiger partial charge is 0.386 e. The van der Waals surface area contributed by atoms with E-state index >= 15 is 0 Å². The number of hydrogen-bond acceptors (Lipinski definition) is 3. The van der Waals surface area contributed by atoms with Crippen LogP contribution in [0, 0.1) is 6.92 Å². The molecule has 0 fully saturated rings. The Morgan fingerprint density at radius 3 is 2.63 bits per heavy atom. The molecule has 2 N–H and O–H groups in total. The first-order valence-electron chi connectivity index (χ1n) is 5.83. The number of nitrogens with one attached hydrogen (secondary N) is 1. The molecule has 1 atom stereocenters. The minimum Gasteiger partial charge on any atom is -0.386 e. The lowest BCUT2D eigenvalue weighted by molar-refractivity contribution is 0.0917. The predicted octanol–water partition coefficient (Wildman–Crippen LogP) is 3.28. The summed E-state index contributed by atoms with van der Waals surface area (Å²) in [4.78, 5) is 12.8. The average Bonchev–Trinajstić information content (AvgIpc) is 2.83. The van der Waals surface area contributed by atoms with E-state index < -0.39 is 6.10 Å². The maximum atomic E-state index is 11.9. The van der Waals surface area contributed by atoms with Crippen molar-refractivity contribution in [1.82, 2.24) is 5.32 Å². The number of rotatable bonds is 4. The molecular weight excluding hydrogens is 326 g/mol. The van der Waals surface area contributed by atoms with Crippen LogP contribution in [0.4, 0.5) is 0 Å². The van der Waals surface area contributed by atoms with Gasteiger partial charge in [0, 0.05) is 21.5 Å². The van der Waals surface area contributed by atoms with E-state index in [1.165, 1.54) is 11.3 Å². The van der Waals surface area contributed by atoms with E-state index in [1.54, 1.807) is 12.1 Å². The van der Waals surface area contributed by atoms with Gasteiger partial charge in [-0.05, 0) is 48.2 Å². The molecule has 1 aromatic heterocycles. The topological polar surface area (TPSA) is 49.3 Å². The molecule has 0 bridgehead atoms. The van der Waals surface area contributed by atoms with Gasteiger partial charge in [-0.2, -0.15) is 0 Å². The van der Waals surface area contributed by atoms with Gasteiger partial charge in [-0.25, -0.2) is 0 Å². The van der Waals surface area contributed by atoms with Gasteiger partial charge in [0.15, 0.2) is 0 Å². The maximum absolute atomic E-state index is 11.9. The molecule has 0 spiro atoms. The molecule has 0 radical (unpaired) electrons. The van der Waals surface area contributed by atoms with Crippen molar-refractivity contribution in [1.29, 1.82) is 0 Å². The molecule has 19 heavy (non-hydrogen) atoms. The molecule has 0 aliphatic heterocycles. The second-order valence-electron chi connectivity index (χ2n) is 4.20. The number of carbonyl (C=O) groups excluding carboxylic acids is 1. The molecule has 1 aromatic carbocycles. The van der Waals surface area contributed by atoms with Crippen LogP contribution in [0.25, 0.3) is 0 Å². The summed E-state index contributed by atoms with van der Waals surface area (Å²) in [6, 6.07) is 9.06. The molecule has 3 nitrogen and oxygen atoms in total. The SMILES string of the molecule is Cc1ccsc1C(O)CNC(=O)c1ccc(Br)cc1. The van der Waals surface area contributed by atoms with Crippen molar-refractivity contribution in [3.8, 4) is 0 Å². The van der Waals surface area contributed by atoms with E-state index in [4.69, 9.17) is 0 Å². The van der Waals surface area contributed by atoms with Crippen molar-refractivity contribution < 1.29 is 9.90 Å². The summed E-state index contributed by atoms with van der Waals surface area (Å²) in [5, 5.41) is 14.7. The van der Waals surface area contributed by atoms with Crippen LogP contribution in [0.5, 0.6) is 0 Å². The van der Waals surface area contributed by atoms with Crippen LogP contribution >= 0.6 is 27.3 Å². The zero-order valence-corrected chi connectivity index (χ0v) is 12.8. The van der Waals surface area contributed by atoms with E-state index in [1.807, 2.05) is 30.5 Å². The fourth-order valence-electron chi connectivity index (χ4n) is 1.71. The zero-order chi connectivity index (χ0) is 13.8. The highest BCUT2D eigenvalue weighted by atomic mass is 79.9. The van der Waals surface area contributed by atoms with Crippen LogP contribution in [0.1, 0.15) is 26.9 Å². The Morgan fingerprint density at radius 2 is 2.05 bits per heavy atom. The first-order valence-corrected chi connectivity index (χ1v) is 7.51. The maximum Gasteiger partial charge on any atom is 0.251 e. The average molecular weight is 340 g/mol. The van der Waals surface area contributed by atoms with Crippen LogP contribution in [-0.2, 0) is 0 Å². The van der Waals surface area contributed by atoms with E-state index in [0.29, 0.717) is 5.56 Å². The van der Waals surface area contributed by atoms with Gasteiger partial charge in [0.2, 0.25) is 0 Å². The Hall–Kier alpha value is -1.17. The van der Waals surface area contributed by atoms with Crippen LogP contribution in [-0.4, -0.2) is 17.6 Å². The molecule has 2 rings (SSSR count). The molecule has 2 aromatic rings. The van der Waals surface area contributed by atoms with Gasteiger partial charge < -0.3 is 10.4 Å². The van der Waals surface area contributed by atoms with Crippen LogP contribution in [0.15, 0.2) is 40.2 Å². The highest BCUT2D eigenvalue weighted by molar-refractivity contribution is 9.10. The number of benzene rings is 1. The summed E-state index contributed by atoms with van der Waals surface area (Å²) in [6.07, 6.45) is -0.653. The third-order valence-corrected chi connectivity index (χ3v) is 4.42. The normalized spacial score (nSPS) is 12.2. The number of aryl methyl sites for hydroxylation is 1. The van der Waals surface area contributed by atoms with Gasteiger partial charge in [0.1, 0.15) is 6.10 Å². The molecule has 1 heterocycles. The fourth-order valence-corrected chi connectivity index (χ4v) is 2.89. The summed E-state index contributed by atoms with van der Waals surface area (Å²) in [5.41, 5.74) is 1.63. The van der Waals surface area contributed by atoms with Crippen molar-refractivity contribution >= 4 is 33.2 Å². The number of thiophene rings is 1. The van der Waals surface area contributed by atoms with E-state index in [2.05, 4.69) is 21.2 Å². The van der Waals surface area contributed by atoms with Crippen molar-refractivity contribution in [2.24, 2.45) is 0 Å². The number of aliphatic hydroxyl groups excluding tert-OH is 1. The lowest BCUT2D eigenvalue weighted by Crippen LogP contribution is -2.28. The van der Waals surface area contributed by atoms with Gasteiger partial charge in [-0.3, -0.25) is 4.79 Å². The highest BCUT2D eigenvalue weighted by Gasteiger charge is 2.13. The number of halogens is 1. The van der Waals surface area contributed by atoms with Crippen LogP contribution in [0.2, 0.25) is 0 Å². The van der Waals surface area contributed by atoms with Crippen molar-refractivity contribution in [2.75, 3.05) is 6.54 Å². The Labute approximate surface area is 124 Å². The predicted molar refractivity (Wildman–Crippen MR) is 80.5 cm³/mol. The minimum atomic E-state index is -0.653. The van der Waals surface area contributed by atoms with Gasteiger partial charge in [0.05, 0.1) is 0 Å². The van der Waals surface area contributed by atoms with Gasteiger partial charge in [0.25, 0.3) is 5.91 Å². The minimum absolute atomic E-state index is 0.180. The molecule has 0 saturated heterocycles.